The minimum absolute atomic E-state index is 0.00925. The maximum absolute atomic E-state index is 17.2. The van der Waals surface area contributed by atoms with Crippen molar-refractivity contribution in [3.8, 4) is 33.5 Å². The van der Waals surface area contributed by atoms with Gasteiger partial charge in [0.25, 0.3) is 0 Å². The van der Waals surface area contributed by atoms with Crippen LogP contribution >= 0.6 is 11.3 Å². The largest absolute Gasteiger partial charge is 0.508 e. The summed E-state index contributed by atoms with van der Waals surface area (Å²) in [4.78, 5) is 67.6. The first kappa shape index (κ1) is 55.0. The Morgan fingerprint density at radius 3 is 2.46 bits per heavy atom. The van der Waals surface area contributed by atoms with Gasteiger partial charge in [0.15, 0.2) is 5.82 Å². The molecule has 4 aliphatic heterocycles. The number of aryl methyl sites for hydroxylation is 2. The van der Waals surface area contributed by atoms with Crippen LogP contribution in [0.25, 0.3) is 43.4 Å². The Kier molecular flexibility index (Phi) is 16.6. The van der Waals surface area contributed by atoms with Gasteiger partial charge in [-0.2, -0.15) is 9.97 Å². The summed E-state index contributed by atoms with van der Waals surface area (Å²) in [6.45, 7) is 15.3. The van der Waals surface area contributed by atoms with E-state index >= 15 is 4.39 Å². The second-order valence-corrected chi connectivity index (χ2v) is 24.0. The number of aliphatic hydroxyl groups excluding tert-OH is 1. The van der Waals surface area contributed by atoms with Crippen molar-refractivity contribution >= 4 is 56.6 Å². The molecule has 0 spiro atoms. The van der Waals surface area contributed by atoms with Crippen molar-refractivity contribution in [3.05, 3.63) is 88.9 Å². The number of nitrogens with one attached hydrogen (secondary N) is 3. The number of phenols is 1. The lowest BCUT2D eigenvalue weighted by Gasteiger charge is -2.35. The van der Waals surface area contributed by atoms with Crippen LogP contribution in [0.3, 0.4) is 0 Å². The number of piperazine rings is 1. The average Bonchev–Trinajstić information content (AvgIpc) is 4.37. The Balaban J connectivity index is 0.728. The molecule has 0 saturated carbocycles. The van der Waals surface area contributed by atoms with Crippen LogP contribution in [0.5, 0.6) is 11.8 Å². The summed E-state index contributed by atoms with van der Waals surface area (Å²) in [5, 5.41) is 33.5. The van der Waals surface area contributed by atoms with E-state index in [1.807, 2.05) is 82.6 Å². The predicted octanol–water partition coefficient (Wildman–Crippen LogP) is 8.79. The van der Waals surface area contributed by atoms with Gasteiger partial charge in [0.05, 0.1) is 33.6 Å². The summed E-state index contributed by atoms with van der Waals surface area (Å²) >= 11 is 1.58. The standard InChI is InChI=1S/C60H75FN10O6S/c1-7-37-14-12-15-40-26-44(72)27-46(50(37)40)52-51(61)53-47(29-62-52)56(70-30-41-22-23-42(31-70)65-41)68-59(67-53)77-33-43-16-13-25-69(43)24-11-9-8-10-17-49(74)66-55(60(4,5)6)58(76)71-32-45(73)28-48(71)57(75)64-35(2)38-18-20-39(21-19-38)54-36(3)63-34-78-54/h12,14-15,18-21,26-27,29,34-35,41-43,45,48,55,65,72-73H,7-11,13,16-17,22-25,28,30-33H2,1-6H3,(H,64,75)(H,66,74). The number of halogens is 1. The quantitative estimate of drug-likeness (QED) is 0.0483. The van der Waals surface area contributed by atoms with Crippen LogP contribution in [-0.2, 0) is 20.8 Å². The average molecular weight is 1080 g/mol. The number of anilines is 1. The fourth-order valence-corrected chi connectivity index (χ4v) is 13.0. The maximum atomic E-state index is 17.2. The summed E-state index contributed by atoms with van der Waals surface area (Å²) in [6, 6.07) is 16.0. The minimum atomic E-state index is -0.892. The van der Waals surface area contributed by atoms with Crippen molar-refractivity contribution in [2.75, 3.05) is 44.2 Å². The smallest absolute Gasteiger partial charge is 0.319 e. The number of fused-ring (bicyclic) bond motifs is 4. The molecule has 4 saturated heterocycles. The minimum Gasteiger partial charge on any atom is -0.508 e. The van der Waals surface area contributed by atoms with E-state index in [4.69, 9.17) is 19.7 Å². The van der Waals surface area contributed by atoms with Gasteiger partial charge < -0.3 is 40.7 Å². The van der Waals surface area contributed by atoms with Gasteiger partial charge in [0, 0.05) is 62.4 Å². The number of likely N-dealkylation sites (tertiary alicyclic amines) is 2. The molecule has 2 bridgehead atoms. The number of carbonyl (C=O) groups is 3. The Morgan fingerprint density at radius 1 is 0.962 bits per heavy atom. The van der Waals surface area contributed by atoms with Crippen molar-refractivity contribution in [1.82, 2.24) is 45.7 Å². The molecule has 18 heteroatoms. The molecule has 7 unspecified atom stereocenters. The molecule has 414 valence electrons. The molecule has 78 heavy (non-hydrogen) atoms. The van der Waals surface area contributed by atoms with E-state index in [2.05, 4.69) is 37.7 Å². The molecule has 0 radical (unpaired) electrons. The molecule has 3 aromatic carbocycles. The molecule has 4 fully saturated rings. The fourth-order valence-electron chi connectivity index (χ4n) is 12.2. The van der Waals surface area contributed by atoms with Gasteiger partial charge in [-0.25, -0.2) is 9.37 Å². The number of aromatic nitrogens is 4. The maximum Gasteiger partial charge on any atom is 0.319 e. The van der Waals surface area contributed by atoms with Crippen LogP contribution in [0.2, 0.25) is 0 Å². The highest BCUT2D eigenvalue weighted by Gasteiger charge is 2.45. The first-order chi connectivity index (χ1) is 37.5. The Bertz CT molecular complexity index is 3140. The van der Waals surface area contributed by atoms with Crippen LogP contribution in [0.4, 0.5) is 10.2 Å². The van der Waals surface area contributed by atoms with Crippen LogP contribution < -0.4 is 25.6 Å². The molecule has 10 rings (SSSR count). The van der Waals surface area contributed by atoms with Crippen LogP contribution in [0.15, 0.2) is 66.3 Å². The zero-order valence-corrected chi connectivity index (χ0v) is 46.7. The highest BCUT2D eigenvalue weighted by Crippen LogP contribution is 2.40. The molecule has 7 heterocycles. The van der Waals surface area contributed by atoms with E-state index in [-0.39, 0.29) is 72.2 Å². The Morgan fingerprint density at radius 2 is 1.73 bits per heavy atom. The normalized spacial score (nSPS) is 21.4. The highest BCUT2D eigenvalue weighted by atomic mass is 32.1. The Hall–Kier alpha value is -6.34. The molecule has 3 aromatic heterocycles. The van der Waals surface area contributed by atoms with Crippen LogP contribution in [0, 0.1) is 18.2 Å². The van der Waals surface area contributed by atoms with E-state index in [1.54, 1.807) is 29.7 Å². The van der Waals surface area contributed by atoms with Crippen molar-refractivity contribution in [3.63, 3.8) is 0 Å². The van der Waals surface area contributed by atoms with Gasteiger partial charge in [0.2, 0.25) is 17.7 Å². The van der Waals surface area contributed by atoms with Gasteiger partial charge in [-0.05, 0) is 117 Å². The van der Waals surface area contributed by atoms with E-state index in [0.29, 0.717) is 41.9 Å². The number of carbonyl (C=O) groups excluding carboxylic acids is 3. The third-order valence-electron chi connectivity index (χ3n) is 16.4. The number of β-amino-alcohol motifs (C(OH)–C–C–N with tert-alkyl or cyclic N) is 1. The van der Waals surface area contributed by atoms with Crippen molar-refractivity contribution in [2.45, 2.75) is 155 Å². The third-order valence-corrected chi connectivity index (χ3v) is 17.4. The monoisotopic (exact) mass is 1080 g/mol. The zero-order valence-electron chi connectivity index (χ0n) is 45.9. The number of phenolic OH excluding ortho intramolecular Hbond substituents is 1. The number of amides is 3. The predicted molar refractivity (Wildman–Crippen MR) is 303 cm³/mol. The fraction of sp³-hybridized carbons (Fsp3) is 0.517. The highest BCUT2D eigenvalue weighted by molar-refractivity contribution is 7.13. The summed E-state index contributed by atoms with van der Waals surface area (Å²) in [5.41, 5.74) is 5.91. The van der Waals surface area contributed by atoms with E-state index in [1.165, 1.54) is 4.90 Å². The van der Waals surface area contributed by atoms with Crippen LogP contribution in [-0.4, -0.2) is 133 Å². The lowest BCUT2D eigenvalue weighted by molar-refractivity contribution is -0.144. The molecular formula is C60H75FN10O6S. The number of hydrogen-bond acceptors (Lipinski definition) is 14. The third kappa shape index (κ3) is 12.0. The van der Waals surface area contributed by atoms with E-state index < -0.39 is 29.4 Å². The molecule has 6 aromatic rings. The number of ether oxygens (including phenoxy) is 1. The molecule has 7 atom stereocenters. The SMILES string of the molecule is CCc1cccc2cc(O)cc(-c3ncc4c(N5CC6CCC(C5)N6)nc(OCC5CCCN5CCCCCCC(=O)NC(C(=O)N5CC(O)CC5C(=O)NC(C)c5ccc(-c6scnc6C)cc5)C(C)(C)C)nc4c3F)c12. The number of rotatable bonds is 19. The van der Waals surface area contributed by atoms with Gasteiger partial charge in [-0.3, -0.25) is 24.3 Å². The number of aromatic hydroxyl groups is 1. The summed E-state index contributed by atoms with van der Waals surface area (Å²) in [7, 11) is 0. The first-order valence-corrected chi connectivity index (χ1v) is 29.0. The topological polar surface area (TPSA) is 198 Å². The van der Waals surface area contributed by atoms with Gasteiger partial charge in [-0.15, -0.1) is 11.3 Å². The second-order valence-electron chi connectivity index (χ2n) is 23.1. The number of pyridine rings is 1. The van der Waals surface area contributed by atoms with Crippen molar-refractivity contribution in [2.24, 2.45) is 5.41 Å². The molecule has 0 aliphatic carbocycles. The lowest BCUT2D eigenvalue weighted by Crippen LogP contribution is -2.57. The summed E-state index contributed by atoms with van der Waals surface area (Å²) in [5.74, 6) is -0.876. The summed E-state index contributed by atoms with van der Waals surface area (Å²) in [6.07, 6.45) is 9.39. The van der Waals surface area contributed by atoms with Gasteiger partial charge >= 0.3 is 6.01 Å². The number of aliphatic hydroxyl groups is 1. The van der Waals surface area contributed by atoms with E-state index in [0.717, 1.165) is 116 Å². The van der Waals surface area contributed by atoms with Crippen molar-refractivity contribution < 1.29 is 33.7 Å². The number of unbranched alkanes of at least 4 members (excludes halogenated alkanes) is 3. The van der Waals surface area contributed by atoms with Gasteiger partial charge in [0.1, 0.15) is 41.5 Å². The van der Waals surface area contributed by atoms with Crippen LogP contribution in [0.1, 0.15) is 122 Å². The number of hydrogen-bond donors (Lipinski definition) is 5. The zero-order chi connectivity index (χ0) is 54.8. The molecule has 16 nitrogen and oxygen atoms in total. The second kappa shape index (κ2) is 23.6. The Labute approximate surface area is 460 Å². The van der Waals surface area contributed by atoms with E-state index in [9.17, 15) is 24.6 Å². The molecule has 4 aliphatic rings. The number of thiazole rings is 1. The van der Waals surface area contributed by atoms with Crippen molar-refractivity contribution in [1.29, 1.82) is 0 Å². The van der Waals surface area contributed by atoms with Gasteiger partial charge in [-0.1, -0.05) is 83.0 Å². The number of benzene rings is 3. The summed E-state index contributed by atoms with van der Waals surface area (Å²) < 4.78 is 23.7. The first-order valence-electron chi connectivity index (χ1n) is 28.1. The molecule has 3 amide bonds. The molecule has 5 N–H and O–H groups in total. The lowest BCUT2D eigenvalue weighted by atomic mass is 9.85. The molecular weight excluding hydrogens is 1010 g/mol. The number of nitrogens with zero attached hydrogens (tertiary/aromatic N) is 7.